The molecule has 0 atom stereocenters. The zero-order valence-corrected chi connectivity index (χ0v) is 11.5. The summed E-state index contributed by atoms with van der Waals surface area (Å²) in [4.78, 5) is 20.5. The van der Waals surface area contributed by atoms with Gasteiger partial charge in [0.05, 0.1) is 5.39 Å². The summed E-state index contributed by atoms with van der Waals surface area (Å²) in [5.41, 5.74) is 4.62. The van der Waals surface area contributed by atoms with Crippen molar-refractivity contribution in [2.75, 3.05) is 5.43 Å². The van der Waals surface area contributed by atoms with Gasteiger partial charge in [0.1, 0.15) is 5.65 Å². The lowest BCUT2D eigenvalue weighted by atomic mass is 10.1. The Morgan fingerprint density at radius 1 is 1.37 bits per heavy atom. The zero-order valence-electron chi connectivity index (χ0n) is 11.5. The van der Waals surface area contributed by atoms with Gasteiger partial charge in [0.25, 0.3) is 5.56 Å². The number of nitrogens with zero attached hydrogens (tertiary/aromatic N) is 3. The van der Waals surface area contributed by atoms with Crippen molar-refractivity contribution >= 4 is 17.0 Å². The van der Waals surface area contributed by atoms with E-state index in [4.69, 9.17) is 5.84 Å². The molecule has 2 heterocycles. The Balaban J connectivity index is 2.81. The van der Waals surface area contributed by atoms with Crippen LogP contribution in [-0.2, 0) is 6.54 Å². The molecule has 0 bridgehead atoms. The van der Waals surface area contributed by atoms with Gasteiger partial charge in [0.15, 0.2) is 0 Å². The van der Waals surface area contributed by atoms with Crippen molar-refractivity contribution in [3.8, 4) is 0 Å². The Hall–Kier alpha value is -1.95. The normalized spacial score (nSPS) is 10.9. The van der Waals surface area contributed by atoms with Crippen LogP contribution in [-0.4, -0.2) is 14.5 Å². The van der Waals surface area contributed by atoms with E-state index in [2.05, 4.69) is 22.3 Å². The molecular weight excluding hydrogens is 242 g/mol. The number of nitrogens with two attached hydrogens (primary N) is 1. The Labute approximate surface area is 111 Å². The van der Waals surface area contributed by atoms with E-state index in [-0.39, 0.29) is 5.56 Å². The molecule has 0 aliphatic carbocycles. The first-order valence-electron chi connectivity index (χ1n) is 6.44. The van der Waals surface area contributed by atoms with Gasteiger partial charge in [-0.25, -0.2) is 10.8 Å². The topological polar surface area (TPSA) is 85.8 Å². The Kier molecular flexibility index (Phi) is 3.80. The van der Waals surface area contributed by atoms with Crippen LogP contribution in [0.4, 0.5) is 5.95 Å². The number of unbranched alkanes of at least 4 members (excludes halogenated alkanes) is 1. The molecule has 3 N–H and O–H groups in total. The van der Waals surface area contributed by atoms with E-state index in [1.54, 1.807) is 0 Å². The van der Waals surface area contributed by atoms with Gasteiger partial charge in [0.2, 0.25) is 5.95 Å². The number of hydrogen-bond acceptors (Lipinski definition) is 5. The van der Waals surface area contributed by atoms with Gasteiger partial charge in [-0.1, -0.05) is 13.3 Å². The van der Waals surface area contributed by atoms with Crippen molar-refractivity contribution in [2.24, 2.45) is 5.84 Å². The van der Waals surface area contributed by atoms with E-state index in [0.717, 1.165) is 30.6 Å². The number of aryl methyl sites for hydroxylation is 3. The molecule has 0 saturated heterocycles. The molecule has 0 aliphatic rings. The number of fused-ring (bicyclic) bond motifs is 1. The van der Waals surface area contributed by atoms with Crippen LogP contribution in [0.1, 0.15) is 31.0 Å². The van der Waals surface area contributed by atoms with Gasteiger partial charge in [-0.15, -0.1) is 0 Å². The minimum atomic E-state index is -0.291. The fourth-order valence-electron chi connectivity index (χ4n) is 2.23. The number of pyridine rings is 1. The first-order valence-corrected chi connectivity index (χ1v) is 6.44. The van der Waals surface area contributed by atoms with Crippen molar-refractivity contribution in [3.05, 3.63) is 27.7 Å². The lowest BCUT2D eigenvalue weighted by Crippen LogP contribution is -2.24. The maximum atomic E-state index is 12.1. The third-order valence-corrected chi connectivity index (χ3v) is 3.12. The fourth-order valence-corrected chi connectivity index (χ4v) is 2.23. The molecule has 0 aliphatic heterocycles. The molecule has 2 aromatic heterocycles. The molecular formula is C13H19N5O. The van der Waals surface area contributed by atoms with E-state index in [1.807, 2.05) is 24.5 Å². The molecule has 0 amide bonds. The molecule has 2 rings (SSSR count). The maximum Gasteiger partial charge on any atom is 0.284 e. The molecule has 0 unspecified atom stereocenters. The van der Waals surface area contributed by atoms with Crippen LogP contribution in [0, 0.1) is 13.8 Å². The van der Waals surface area contributed by atoms with Crippen molar-refractivity contribution in [1.82, 2.24) is 14.5 Å². The Morgan fingerprint density at radius 2 is 2.11 bits per heavy atom. The Bertz CT molecular complexity index is 662. The molecule has 0 saturated carbocycles. The van der Waals surface area contributed by atoms with Crippen molar-refractivity contribution in [2.45, 2.75) is 40.2 Å². The van der Waals surface area contributed by atoms with Crippen molar-refractivity contribution in [3.63, 3.8) is 0 Å². The minimum Gasteiger partial charge on any atom is -0.295 e. The van der Waals surface area contributed by atoms with Gasteiger partial charge in [0, 0.05) is 12.2 Å². The van der Waals surface area contributed by atoms with Crippen molar-refractivity contribution in [1.29, 1.82) is 0 Å². The number of hydrogen-bond donors (Lipinski definition) is 2. The smallest absolute Gasteiger partial charge is 0.284 e. The second-order valence-electron chi connectivity index (χ2n) is 4.67. The second kappa shape index (κ2) is 5.36. The number of anilines is 1. The van der Waals surface area contributed by atoms with Gasteiger partial charge >= 0.3 is 0 Å². The fraction of sp³-hybridized carbons (Fsp3) is 0.462. The number of aromatic nitrogens is 3. The predicted molar refractivity (Wildman–Crippen MR) is 76.0 cm³/mol. The van der Waals surface area contributed by atoms with Crippen LogP contribution in [0.25, 0.3) is 11.0 Å². The SMILES string of the molecule is CCCCn1c(NN)nc(=O)c2c(C)cc(C)nc21. The molecule has 19 heavy (non-hydrogen) atoms. The molecule has 2 aromatic rings. The molecule has 0 fully saturated rings. The average molecular weight is 261 g/mol. The number of nitrogen functional groups attached to an aromatic ring is 1. The molecule has 0 radical (unpaired) electrons. The third-order valence-electron chi connectivity index (χ3n) is 3.12. The summed E-state index contributed by atoms with van der Waals surface area (Å²) in [5.74, 6) is 5.82. The summed E-state index contributed by atoms with van der Waals surface area (Å²) >= 11 is 0. The zero-order chi connectivity index (χ0) is 14.0. The summed E-state index contributed by atoms with van der Waals surface area (Å²) in [5, 5.41) is 0.570. The van der Waals surface area contributed by atoms with Crippen LogP contribution < -0.4 is 16.8 Å². The predicted octanol–water partition coefficient (Wildman–Crippen LogP) is 1.49. The van der Waals surface area contributed by atoms with Crippen LogP contribution in [0.3, 0.4) is 0 Å². The van der Waals surface area contributed by atoms with Gasteiger partial charge < -0.3 is 0 Å². The van der Waals surface area contributed by atoms with Gasteiger partial charge in [-0.3, -0.25) is 14.8 Å². The quantitative estimate of drug-likeness (QED) is 0.643. The maximum absolute atomic E-state index is 12.1. The highest BCUT2D eigenvalue weighted by atomic mass is 16.1. The van der Waals surface area contributed by atoms with Crippen LogP contribution >= 0.6 is 0 Å². The molecule has 0 spiro atoms. The van der Waals surface area contributed by atoms with Crippen LogP contribution in [0.2, 0.25) is 0 Å². The summed E-state index contributed by atoms with van der Waals surface area (Å²) in [6, 6.07) is 1.89. The molecule has 102 valence electrons. The van der Waals surface area contributed by atoms with E-state index in [9.17, 15) is 4.79 Å². The summed E-state index contributed by atoms with van der Waals surface area (Å²) in [6.45, 7) is 6.66. The number of nitrogens with one attached hydrogen (secondary N) is 1. The first kappa shape index (κ1) is 13.5. The van der Waals surface area contributed by atoms with Crippen LogP contribution in [0.15, 0.2) is 10.9 Å². The summed E-state index contributed by atoms with van der Waals surface area (Å²) < 4.78 is 1.88. The highest BCUT2D eigenvalue weighted by molar-refractivity contribution is 5.79. The highest BCUT2D eigenvalue weighted by Gasteiger charge is 2.13. The lowest BCUT2D eigenvalue weighted by Gasteiger charge is -2.15. The van der Waals surface area contributed by atoms with Crippen molar-refractivity contribution < 1.29 is 0 Å². The average Bonchev–Trinajstić information content (AvgIpc) is 2.36. The monoisotopic (exact) mass is 261 g/mol. The largest absolute Gasteiger partial charge is 0.295 e. The standard InChI is InChI=1S/C13H19N5O/c1-4-5-6-18-11-10(8(2)7-9(3)15-11)12(19)16-13(18)17-14/h7H,4-6,14H2,1-3H3,(H,16,17,19). The summed E-state index contributed by atoms with van der Waals surface area (Å²) in [7, 11) is 0. The molecule has 6 heteroatoms. The molecule has 6 nitrogen and oxygen atoms in total. The van der Waals surface area contributed by atoms with Crippen LogP contribution in [0.5, 0.6) is 0 Å². The first-order chi connectivity index (χ1) is 9.08. The van der Waals surface area contributed by atoms with Gasteiger partial charge in [-0.2, -0.15) is 4.98 Å². The van der Waals surface area contributed by atoms with E-state index >= 15 is 0 Å². The summed E-state index contributed by atoms with van der Waals surface area (Å²) in [6.07, 6.45) is 2.02. The van der Waals surface area contributed by atoms with E-state index in [1.165, 1.54) is 0 Å². The second-order valence-corrected chi connectivity index (χ2v) is 4.67. The number of hydrazine groups is 1. The minimum absolute atomic E-state index is 0.291. The Morgan fingerprint density at radius 3 is 2.74 bits per heavy atom. The van der Waals surface area contributed by atoms with Gasteiger partial charge in [-0.05, 0) is 31.9 Å². The lowest BCUT2D eigenvalue weighted by molar-refractivity contribution is 0.636. The third kappa shape index (κ3) is 2.44. The highest BCUT2D eigenvalue weighted by Crippen LogP contribution is 2.17. The number of rotatable bonds is 4. The van der Waals surface area contributed by atoms with E-state index < -0.39 is 0 Å². The molecule has 0 aromatic carbocycles. The van der Waals surface area contributed by atoms with E-state index in [0.29, 0.717) is 17.0 Å².